The van der Waals surface area contributed by atoms with Gasteiger partial charge in [-0.1, -0.05) is 18.2 Å². The Balaban J connectivity index is 1.59. The molecule has 0 bridgehead atoms. The van der Waals surface area contributed by atoms with Crippen molar-refractivity contribution in [3.63, 3.8) is 0 Å². The lowest BCUT2D eigenvalue weighted by Gasteiger charge is -2.36. The van der Waals surface area contributed by atoms with E-state index >= 15 is 0 Å². The Kier molecular flexibility index (Phi) is 4.05. The largest absolute Gasteiger partial charge is 0.373 e. The van der Waals surface area contributed by atoms with Crippen molar-refractivity contribution in [3.8, 4) is 0 Å². The Morgan fingerprint density at radius 1 is 0.900 bits per heavy atom. The van der Waals surface area contributed by atoms with Crippen molar-refractivity contribution in [1.82, 2.24) is 4.90 Å². The van der Waals surface area contributed by atoms with Gasteiger partial charge in [-0.2, -0.15) is 0 Å². The van der Waals surface area contributed by atoms with Crippen LogP contribution in [-0.4, -0.2) is 36.9 Å². The first-order chi connectivity index (χ1) is 9.83. The average molecular weight is 270 g/mol. The van der Waals surface area contributed by atoms with Gasteiger partial charge in [0.2, 0.25) is 0 Å². The van der Waals surface area contributed by atoms with E-state index in [1.54, 1.807) is 0 Å². The van der Waals surface area contributed by atoms with E-state index in [0.29, 0.717) is 5.78 Å². The Labute approximate surface area is 120 Å². The molecule has 0 atom stereocenters. The standard InChI is InChI=1S/C17H22N2O/c20-17-9-5-4-6-15(17)14-18-10-12-19(13-11-18)16-7-2-1-3-8-16/h1-3,7-8,14H,4-6,9-13H2/b15-14+. The zero-order valence-corrected chi connectivity index (χ0v) is 11.9. The molecule has 0 spiro atoms. The second-order valence-corrected chi connectivity index (χ2v) is 5.64. The van der Waals surface area contributed by atoms with Gasteiger partial charge in [0.25, 0.3) is 0 Å². The van der Waals surface area contributed by atoms with Crippen LogP contribution in [0, 0.1) is 0 Å². The van der Waals surface area contributed by atoms with Crippen molar-refractivity contribution in [2.75, 3.05) is 31.1 Å². The molecule has 0 unspecified atom stereocenters. The number of ketones is 1. The van der Waals surface area contributed by atoms with Gasteiger partial charge in [0, 0.05) is 50.1 Å². The fourth-order valence-corrected chi connectivity index (χ4v) is 3.01. The van der Waals surface area contributed by atoms with E-state index in [1.165, 1.54) is 12.1 Å². The third kappa shape index (κ3) is 3.03. The number of nitrogens with zero attached hydrogens (tertiary/aromatic N) is 2. The predicted molar refractivity (Wildman–Crippen MR) is 81.8 cm³/mol. The molecule has 0 aromatic heterocycles. The van der Waals surface area contributed by atoms with Gasteiger partial charge >= 0.3 is 0 Å². The molecule has 2 aliphatic rings. The zero-order valence-electron chi connectivity index (χ0n) is 11.9. The van der Waals surface area contributed by atoms with Gasteiger partial charge in [0.15, 0.2) is 5.78 Å². The van der Waals surface area contributed by atoms with Crippen LogP contribution in [0.15, 0.2) is 42.1 Å². The van der Waals surface area contributed by atoms with E-state index in [2.05, 4.69) is 46.3 Å². The highest BCUT2D eigenvalue weighted by Gasteiger charge is 2.19. The molecule has 3 heteroatoms. The molecule has 106 valence electrons. The topological polar surface area (TPSA) is 23.6 Å². The van der Waals surface area contributed by atoms with Crippen LogP contribution in [0.4, 0.5) is 5.69 Å². The number of para-hydroxylation sites is 1. The van der Waals surface area contributed by atoms with Crippen molar-refractivity contribution in [2.24, 2.45) is 0 Å². The molecule has 1 saturated carbocycles. The Morgan fingerprint density at radius 3 is 2.30 bits per heavy atom. The maximum atomic E-state index is 11.8. The minimum Gasteiger partial charge on any atom is -0.373 e. The zero-order chi connectivity index (χ0) is 13.8. The number of piperazine rings is 1. The molecule has 1 aromatic carbocycles. The van der Waals surface area contributed by atoms with Crippen molar-refractivity contribution in [1.29, 1.82) is 0 Å². The van der Waals surface area contributed by atoms with E-state index in [1.807, 2.05) is 0 Å². The van der Waals surface area contributed by atoms with Crippen LogP contribution in [0.3, 0.4) is 0 Å². The number of rotatable bonds is 2. The molecule has 0 N–H and O–H groups in total. The van der Waals surface area contributed by atoms with Gasteiger partial charge in [-0.15, -0.1) is 0 Å². The van der Waals surface area contributed by atoms with Gasteiger partial charge in [-0.05, 0) is 31.4 Å². The Morgan fingerprint density at radius 2 is 1.60 bits per heavy atom. The summed E-state index contributed by atoms with van der Waals surface area (Å²) in [7, 11) is 0. The minimum absolute atomic E-state index is 0.363. The SMILES string of the molecule is O=C1CCCC/C1=C\N1CCN(c2ccccc2)CC1. The van der Waals surface area contributed by atoms with Gasteiger partial charge in [0.1, 0.15) is 0 Å². The monoisotopic (exact) mass is 270 g/mol. The molecule has 1 aromatic rings. The summed E-state index contributed by atoms with van der Waals surface area (Å²) in [6.07, 6.45) is 6.08. The summed E-state index contributed by atoms with van der Waals surface area (Å²) >= 11 is 0. The Hall–Kier alpha value is -1.77. The van der Waals surface area contributed by atoms with Crippen molar-refractivity contribution >= 4 is 11.5 Å². The first kappa shape index (κ1) is 13.2. The molecule has 3 nitrogen and oxygen atoms in total. The van der Waals surface area contributed by atoms with E-state index in [4.69, 9.17) is 0 Å². The fourth-order valence-electron chi connectivity index (χ4n) is 3.01. The number of Topliss-reactive ketones (excluding diaryl/α,β-unsaturated/α-hetero) is 1. The van der Waals surface area contributed by atoms with Crippen LogP contribution in [0.1, 0.15) is 25.7 Å². The molecule has 1 aliphatic carbocycles. The number of hydrogen-bond acceptors (Lipinski definition) is 3. The smallest absolute Gasteiger partial charge is 0.160 e. The number of anilines is 1. The molecular formula is C17H22N2O. The lowest BCUT2D eigenvalue weighted by atomic mass is 9.94. The van der Waals surface area contributed by atoms with E-state index in [0.717, 1.165) is 51.0 Å². The van der Waals surface area contributed by atoms with Crippen LogP contribution in [0.2, 0.25) is 0 Å². The number of allylic oxidation sites excluding steroid dienone is 1. The average Bonchev–Trinajstić information content (AvgIpc) is 2.51. The maximum Gasteiger partial charge on any atom is 0.160 e. The van der Waals surface area contributed by atoms with Gasteiger partial charge in [-0.25, -0.2) is 0 Å². The van der Waals surface area contributed by atoms with Gasteiger partial charge < -0.3 is 9.80 Å². The summed E-state index contributed by atoms with van der Waals surface area (Å²) in [5, 5.41) is 0. The molecule has 2 fully saturated rings. The highest BCUT2D eigenvalue weighted by Crippen LogP contribution is 2.21. The van der Waals surface area contributed by atoms with Gasteiger partial charge in [-0.3, -0.25) is 4.79 Å². The lowest BCUT2D eigenvalue weighted by Crippen LogP contribution is -2.44. The van der Waals surface area contributed by atoms with Crippen LogP contribution in [0.5, 0.6) is 0 Å². The fraction of sp³-hybridized carbons (Fsp3) is 0.471. The molecule has 0 amide bonds. The molecule has 1 heterocycles. The molecule has 3 rings (SSSR count). The summed E-state index contributed by atoms with van der Waals surface area (Å²) in [6, 6.07) is 10.6. The second-order valence-electron chi connectivity index (χ2n) is 5.64. The van der Waals surface area contributed by atoms with E-state index in [9.17, 15) is 4.79 Å². The summed E-state index contributed by atoms with van der Waals surface area (Å²) < 4.78 is 0. The molecule has 20 heavy (non-hydrogen) atoms. The third-order valence-corrected chi connectivity index (χ3v) is 4.23. The number of benzene rings is 1. The maximum absolute atomic E-state index is 11.8. The first-order valence-corrected chi connectivity index (χ1v) is 7.61. The van der Waals surface area contributed by atoms with Crippen LogP contribution < -0.4 is 4.90 Å². The predicted octanol–water partition coefficient (Wildman–Crippen LogP) is 2.84. The molecule has 1 saturated heterocycles. The first-order valence-electron chi connectivity index (χ1n) is 7.61. The molecule has 0 radical (unpaired) electrons. The summed E-state index contributed by atoms with van der Waals surface area (Å²) in [5.41, 5.74) is 2.35. The van der Waals surface area contributed by atoms with Crippen LogP contribution in [0.25, 0.3) is 0 Å². The van der Waals surface area contributed by atoms with Crippen molar-refractivity contribution < 1.29 is 4.79 Å². The quantitative estimate of drug-likeness (QED) is 0.772. The van der Waals surface area contributed by atoms with Crippen molar-refractivity contribution in [2.45, 2.75) is 25.7 Å². The van der Waals surface area contributed by atoms with Crippen LogP contribution in [-0.2, 0) is 4.79 Å². The van der Waals surface area contributed by atoms with Crippen molar-refractivity contribution in [3.05, 3.63) is 42.1 Å². The van der Waals surface area contributed by atoms with Gasteiger partial charge in [0.05, 0.1) is 0 Å². The molecule has 1 aliphatic heterocycles. The van der Waals surface area contributed by atoms with E-state index in [-0.39, 0.29) is 0 Å². The van der Waals surface area contributed by atoms with Crippen LogP contribution >= 0.6 is 0 Å². The lowest BCUT2D eigenvalue weighted by molar-refractivity contribution is -0.116. The Bertz CT molecular complexity index is 487. The summed E-state index contributed by atoms with van der Waals surface area (Å²) in [5.74, 6) is 0.363. The third-order valence-electron chi connectivity index (χ3n) is 4.23. The number of hydrogen-bond donors (Lipinski definition) is 0. The second kappa shape index (κ2) is 6.12. The molecular weight excluding hydrogens is 248 g/mol. The number of carbonyl (C=O) groups excluding carboxylic acids is 1. The minimum atomic E-state index is 0.363. The summed E-state index contributed by atoms with van der Waals surface area (Å²) in [4.78, 5) is 16.6. The normalized spacial score (nSPS) is 22.4. The summed E-state index contributed by atoms with van der Waals surface area (Å²) in [6.45, 7) is 4.07. The number of carbonyl (C=O) groups is 1. The van der Waals surface area contributed by atoms with E-state index < -0.39 is 0 Å². The highest BCUT2D eigenvalue weighted by molar-refractivity contribution is 5.95. The highest BCUT2D eigenvalue weighted by atomic mass is 16.1.